The fraction of sp³-hybridized carbons (Fsp3) is 0.143. The molecule has 0 fully saturated rings. The van der Waals surface area contributed by atoms with Crippen LogP contribution in [0.3, 0.4) is 0 Å². The fourth-order valence-corrected chi connectivity index (χ4v) is 4.70. The van der Waals surface area contributed by atoms with Crippen LogP contribution in [0.5, 0.6) is 0 Å². The number of hydrogen-bond acceptors (Lipinski definition) is 8. The Bertz CT molecular complexity index is 1100. The van der Waals surface area contributed by atoms with Crippen molar-refractivity contribution < 1.29 is 85.9 Å². The van der Waals surface area contributed by atoms with Gasteiger partial charge in [-0.25, -0.2) is 0 Å². The first kappa shape index (κ1) is 50.3. The second-order valence-electron chi connectivity index (χ2n) is 7.58. The van der Waals surface area contributed by atoms with Crippen molar-refractivity contribution in [3.63, 3.8) is 0 Å². The van der Waals surface area contributed by atoms with Crippen LogP contribution in [0.4, 0.5) is 0 Å². The first-order valence-electron chi connectivity index (χ1n) is 11.3. The topological polar surface area (TPSA) is 225 Å². The van der Waals surface area contributed by atoms with Crippen molar-refractivity contribution >= 4 is 63.7 Å². The summed E-state index contributed by atoms with van der Waals surface area (Å²) < 4.78 is 2.85. The van der Waals surface area contributed by atoms with Crippen molar-refractivity contribution in [3.8, 4) is 0 Å². The molecule has 0 atom stereocenters. The number of aliphatic hydroxyl groups is 8. The van der Waals surface area contributed by atoms with E-state index in [9.17, 15) is 0 Å². The number of halogens is 4. The van der Waals surface area contributed by atoms with Crippen molar-refractivity contribution in [3.05, 3.63) is 137 Å². The normalized spacial score (nSPS) is 9.45. The predicted molar refractivity (Wildman–Crippen MR) is 173 cm³/mol. The molecule has 4 aromatic carbocycles. The molecule has 0 aliphatic carbocycles. The average Bonchev–Trinajstić information content (AvgIpc) is 2.90. The van der Waals surface area contributed by atoms with Gasteiger partial charge >= 0.3 is 0 Å². The van der Waals surface area contributed by atoms with Crippen molar-refractivity contribution in [2.45, 2.75) is 25.2 Å². The minimum absolute atomic E-state index is 0. The van der Waals surface area contributed by atoms with Crippen LogP contribution in [-0.4, -0.2) is 51.8 Å². The summed E-state index contributed by atoms with van der Waals surface area (Å²) in [5, 5.41) is 69.8. The van der Waals surface area contributed by atoms with E-state index in [1.165, 1.54) is 0 Å². The van der Waals surface area contributed by atoms with Gasteiger partial charge in [0.15, 0.2) is 25.2 Å². The number of hydrogen-bond donors (Lipinski definition) is 8. The van der Waals surface area contributed by atoms with Crippen LogP contribution in [0.25, 0.3) is 0 Å². The van der Waals surface area contributed by atoms with Gasteiger partial charge in [0.2, 0.25) is 0 Å². The van der Waals surface area contributed by atoms with E-state index in [1.54, 1.807) is 72.8 Å². The van der Waals surface area contributed by atoms with Gasteiger partial charge in [0, 0.05) is 74.3 Å². The molecule has 0 aliphatic heterocycles. The van der Waals surface area contributed by atoms with E-state index in [0.717, 1.165) is 0 Å². The van der Waals surface area contributed by atoms with E-state index in [1.807, 2.05) is 24.3 Å². The maximum absolute atomic E-state index is 8.73. The summed E-state index contributed by atoms with van der Waals surface area (Å²) in [5.41, 5.74) is 1.95. The second-order valence-corrected chi connectivity index (χ2v) is 11.0. The summed E-state index contributed by atoms with van der Waals surface area (Å²) in [4.78, 5) is 0. The Morgan fingerprint density at radius 1 is 0.318 bits per heavy atom. The fourth-order valence-electron chi connectivity index (χ4n) is 2.74. The van der Waals surface area contributed by atoms with Gasteiger partial charge in [0.05, 0.1) is 0 Å². The number of aliphatic hydroxyl groups excluding tert-OH is 4. The first-order valence-corrected chi connectivity index (χ1v) is 14.5. The summed E-state index contributed by atoms with van der Waals surface area (Å²) in [7, 11) is 0. The van der Waals surface area contributed by atoms with Crippen LogP contribution in [0, 0.1) is 0 Å². The summed E-state index contributed by atoms with van der Waals surface area (Å²) in [6.07, 6.45) is -5.57. The van der Waals surface area contributed by atoms with Gasteiger partial charge in [0.1, 0.15) is 0 Å². The molecule has 0 saturated heterocycles. The molecule has 12 N–H and O–H groups in total. The van der Waals surface area contributed by atoms with E-state index < -0.39 is 25.2 Å². The van der Waals surface area contributed by atoms with E-state index in [2.05, 4.69) is 63.7 Å². The third-order valence-electron chi connectivity index (χ3n) is 4.73. The SMILES string of the molecule is O.O.OC(O)c1ccccc1Br.OC(O)c1ccccc1Br.OC(O)c1ccccc1Br.OC(O)c1ccccc1Br.[Cu].[Cu]. The minimum atomic E-state index is -1.39. The molecule has 10 nitrogen and oxygen atoms in total. The third-order valence-corrected chi connectivity index (χ3v) is 7.62. The number of benzene rings is 4. The minimum Gasteiger partial charge on any atom is -0.412 e. The molecule has 0 unspecified atom stereocenters. The number of rotatable bonds is 4. The van der Waals surface area contributed by atoms with Gasteiger partial charge in [-0.05, 0) is 24.3 Å². The molecule has 44 heavy (non-hydrogen) atoms. The summed E-state index contributed by atoms with van der Waals surface area (Å²) in [6.45, 7) is 0. The molecule has 0 aliphatic rings. The molecule has 0 bridgehead atoms. The molecular formula is C28H32Br4Cu2O10. The summed E-state index contributed by atoms with van der Waals surface area (Å²) in [6, 6.07) is 27.9. The average molecular weight is 975 g/mol. The van der Waals surface area contributed by atoms with Gasteiger partial charge in [-0.1, -0.05) is 137 Å². The van der Waals surface area contributed by atoms with Gasteiger partial charge in [0.25, 0.3) is 0 Å². The Kier molecular flexibility index (Phi) is 31.5. The van der Waals surface area contributed by atoms with Crippen molar-refractivity contribution in [2.75, 3.05) is 0 Å². The molecular weight excluding hydrogens is 943 g/mol. The van der Waals surface area contributed by atoms with E-state index in [0.29, 0.717) is 40.1 Å². The van der Waals surface area contributed by atoms with Crippen molar-refractivity contribution in [1.29, 1.82) is 0 Å². The Labute approximate surface area is 309 Å². The Balaban J connectivity index is -0.000000235. The molecule has 0 aromatic heterocycles. The first-order chi connectivity index (χ1) is 18.9. The zero-order valence-electron chi connectivity index (χ0n) is 22.2. The molecule has 2 radical (unpaired) electrons. The monoisotopic (exact) mass is 970 g/mol. The quantitative estimate of drug-likeness (QED) is 0.110. The van der Waals surface area contributed by atoms with Gasteiger partial charge in [-0.15, -0.1) is 0 Å². The molecule has 0 amide bonds. The summed E-state index contributed by atoms with van der Waals surface area (Å²) >= 11 is 12.7. The van der Waals surface area contributed by atoms with Crippen LogP contribution in [-0.2, 0) is 34.1 Å². The molecule has 4 rings (SSSR count). The molecule has 0 heterocycles. The van der Waals surface area contributed by atoms with Crippen molar-refractivity contribution in [2.24, 2.45) is 0 Å². The zero-order chi connectivity index (χ0) is 30.2. The zero-order valence-corrected chi connectivity index (χ0v) is 30.5. The maximum atomic E-state index is 8.73. The van der Waals surface area contributed by atoms with Gasteiger partial charge in [-0.3, -0.25) is 0 Å². The van der Waals surface area contributed by atoms with E-state index in [-0.39, 0.29) is 45.1 Å². The predicted octanol–water partition coefficient (Wildman–Crippen LogP) is 4.07. The van der Waals surface area contributed by atoms with Gasteiger partial charge < -0.3 is 51.8 Å². The van der Waals surface area contributed by atoms with E-state index in [4.69, 9.17) is 40.9 Å². The molecule has 254 valence electrons. The third kappa shape index (κ3) is 19.2. The largest absolute Gasteiger partial charge is 0.412 e. The Morgan fingerprint density at radius 2 is 0.455 bits per heavy atom. The Morgan fingerprint density at radius 3 is 0.545 bits per heavy atom. The smallest absolute Gasteiger partial charge is 0.179 e. The molecule has 0 saturated carbocycles. The van der Waals surface area contributed by atoms with Crippen LogP contribution >= 0.6 is 63.7 Å². The molecule has 16 heteroatoms. The van der Waals surface area contributed by atoms with Crippen LogP contribution in [0.15, 0.2) is 115 Å². The Hall–Kier alpha value is -0.561. The van der Waals surface area contributed by atoms with Gasteiger partial charge in [-0.2, -0.15) is 0 Å². The van der Waals surface area contributed by atoms with Crippen LogP contribution in [0.1, 0.15) is 47.4 Å². The van der Waals surface area contributed by atoms with Crippen molar-refractivity contribution in [1.82, 2.24) is 0 Å². The molecule has 4 aromatic rings. The standard InChI is InChI=1S/4C7H7BrO2.2Cu.2H2O/c4*8-6-4-2-1-3-5(6)7(9)10;;;;/h4*1-4,7,9-10H;;;2*1H2. The van der Waals surface area contributed by atoms with E-state index >= 15 is 0 Å². The molecule has 0 spiro atoms. The van der Waals surface area contributed by atoms with Crippen LogP contribution in [0.2, 0.25) is 0 Å². The van der Waals surface area contributed by atoms with Crippen LogP contribution < -0.4 is 0 Å². The second kappa shape index (κ2) is 27.5. The maximum Gasteiger partial charge on any atom is 0.179 e. The summed E-state index contributed by atoms with van der Waals surface area (Å²) in [5.74, 6) is 0.